The molecular weight excluding hydrogens is 649 g/mol. The molecule has 0 saturated heterocycles. The zero-order chi connectivity index (χ0) is 37.6. The minimum atomic E-state index is 1.30. The lowest BCUT2D eigenvalue weighted by atomic mass is 9.88. The third kappa shape index (κ3) is 7.47. The molecule has 0 radical (unpaired) electrons. The monoisotopic (exact) mass is 696 g/mol. The molecule has 0 amide bonds. The Bertz CT molecular complexity index is 2600. The molecule has 9 rings (SSSR count). The molecule has 9 aromatic rings. The van der Waals surface area contributed by atoms with Gasteiger partial charge < -0.3 is 0 Å². The summed E-state index contributed by atoms with van der Waals surface area (Å²) < 4.78 is 0. The second-order valence-corrected chi connectivity index (χ2v) is 14.4. The van der Waals surface area contributed by atoms with Crippen molar-refractivity contribution < 1.29 is 0 Å². The lowest BCUT2D eigenvalue weighted by molar-refractivity contribution is 1.41. The Morgan fingerprint density at radius 1 is 0.204 bits per heavy atom. The van der Waals surface area contributed by atoms with Gasteiger partial charge in [-0.15, -0.1) is 0 Å². The second kappa shape index (κ2) is 16.2. The minimum Gasteiger partial charge on any atom is -0.0620 e. The Kier molecular flexibility index (Phi) is 10.8. The summed E-state index contributed by atoms with van der Waals surface area (Å²) in [7, 11) is 0. The summed E-state index contributed by atoms with van der Waals surface area (Å²) in [4.78, 5) is 0. The van der Waals surface area contributed by atoms with Crippen LogP contribution < -0.4 is 0 Å². The van der Waals surface area contributed by atoms with E-state index < -0.39 is 0 Å². The first-order valence-corrected chi connectivity index (χ1v) is 18.9. The van der Waals surface area contributed by atoms with E-state index in [0.717, 1.165) is 0 Å². The van der Waals surface area contributed by atoms with Gasteiger partial charge in [0.1, 0.15) is 0 Å². The molecule has 0 aromatic heterocycles. The second-order valence-electron chi connectivity index (χ2n) is 14.4. The number of benzene rings is 9. The highest BCUT2D eigenvalue weighted by molar-refractivity contribution is 6.07. The molecule has 9 aromatic carbocycles. The van der Waals surface area contributed by atoms with E-state index in [9.17, 15) is 0 Å². The summed E-state index contributed by atoms with van der Waals surface area (Å²) in [5, 5.41) is 7.92. The van der Waals surface area contributed by atoms with Gasteiger partial charge in [0.15, 0.2) is 0 Å². The van der Waals surface area contributed by atoms with E-state index in [4.69, 9.17) is 0 Å². The molecule has 0 unspecified atom stereocenters. The molecule has 264 valence electrons. The number of hydrogen-bond acceptors (Lipinski definition) is 0. The van der Waals surface area contributed by atoms with E-state index in [0.29, 0.717) is 0 Å². The topological polar surface area (TPSA) is 0 Å². The van der Waals surface area contributed by atoms with Crippen molar-refractivity contribution in [3.63, 3.8) is 0 Å². The Labute approximate surface area is 321 Å². The fourth-order valence-corrected chi connectivity index (χ4v) is 7.77. The fraction of sp³-hybridized carbons (Fsp3) is 0.111. The summed E-state index contributed by atoms with van der Waals surface area (Å²) in [6, 6.07) is 64.9. The molecule has 0 N–H and O–H groups in total. The van der Waals surface area contributed by atoms with Gasteiger partial charge in [0.05, 0.1) is 0 Å². The molecule has 0 nitrogen and oxygen atoms in total. The third-order valence-electron chi connectivity index (χ3n) is 10.7. The van der Waals surface area contributed by atoms with Crippen molar-refractivity contribution >= 4 is 32.3 Å². The van der Waals surface area contributed by atoms with E-state index in [-0.39, 0.29) is 0 Å². The Balaban J connectivity index is 0.000000128. The number of rotatable bonds is 3. The van der Waals surface area contributed by atoms with Crippen LogP contribution in [0.25, 0.3) is 65.7 Å². The third-order valence-corrected chi connectivity index (χ3v) is 10.7. The molecule has 0 aliphatic carbocycles. The lowest BCUT2D eigenvalue weighted by Gasteiger charge is -2.16. The maximum absolute atomic E-state index is 2.24. The molecule has 0 saturated carbocycles. The maximum Gasteiger partial charge on any atom is -0.00672 e. The van der Waals surface area contributed by atoms with Crippen molar-refractivity contribution in [1.82, 2.24) is 0 Å². The van der Waals surface area contributed by atoms with Gasteiger partial charge in [-0.3, -0.25) is 0 Å². The predicted octanol–water partition coefficient (Wildman–Crippen LogP) is 15.4. The molecule has 54 heavy (non-hydrogen) atoms. The van der Waals surface area contributed by atoms with E-state index in [1.54, 1.807) is 0 Å². The first kappa shape index (κ1) is 36.1. The molecule has 0 aliphatic rings. The van der Waals surface area contributed by atoms with Crippen molar-refractivity contribution in [3.8, 4) is 33.4 Å². The highest BCUT2D eigenvalue weighted by atomic mass is 14.2. The lowest BCUT2D eigenvalue weighted by Crippen LogP contribution is -1.91. The fourth-order valence-electron chi connectivity index (χ4n) is 7.77. The van der Waals surface area contributed by atoms with E-state index in [1.807, 2.05) is 0 Å². The molecule has 0 heteroatoms. The van der Waals surface area contributed by atoms with Crippen LogP contribution in [0, 0.1) is 41.5 Å². The summed E-state index contributed by atoms with van der Waals surface area (Å²) in [5.74, 6) is 0. The smallest absolute Gasteiger partial charge is 0.00672 e. The molecule has 0 atom stereocenters. The first-order chi connectivity index (χ1) is 26.3. The van der Waals surface area contributed by atoms with Crippen LogP contribution in [-0.4, -0.2) is 0 Å². The average molecular weight is 697 g/mol. The van der Waals surface area contributed by atoms with Gasteiger partial charge in [0, 0.05) is 0 Å². The Hall–Kier alpha value is -6.24. The minimum absolute atomic E-state index is 1.30. The Morgan fingerprint density at radius 3 is 0.852 bits per heavy atom. The van der Waals surface area contributed by atoms with Crippen LogP contribution in [0.1, 0.15) is 33.4 Å². The average Bonchev–Trinajstić information content (AvgIpc) is 3.20. The predicted molar refractivity (Wildman–Crippen MR) is 237 cm³/mol. The van der Waals surface area contributed by atoms with Crippen LogP contribution in [-0.2, 0) is 0 Å². The van der Waals surface area contributed by atoms with Gasteiger partial charge in [-0.25, -0.2) is 0 Å². The van der Waals surface area contributed by atoms with Crippen molar-refractivity contribution in [2.24, 2.45) is 0 Å². The summed E-state index contributed by atoms with van der Waals surface area (Å²) in [5.41, 5.74) is 16.1. The van der Waals surface area contributed by atoms with Crippen LogP contribution in [0.15, 0.2) is 182 Å². The van der Waals surface area contributed by atoms with Crippen LogP contribution >= 0.6 is 0 Å². The van der Waals surface area contributed by atoms with Crippen LogP contribution in [0.2, 0.25) is 0 Å². The van der Waals surface area contributed by atoms with Crippen molar-refractivity contribution in [1.29, 1.82) is 0 Å². The van der Waals surface area contributed by atoms with Crippen molar-refractivity contribution in [2.45, 2.75) is 41.5 Å². The molecular formula is C54H48. The molecule has 0 spiro atoms. The van der Waals surface area contributed by atoms with Gasteiger partial charge in [0.2, 0.25) is 0 Å². The van der Waals surface area contributed by atoms with Crippen LogP contribution in [0.4, 0.5) is 0 Å². The largest absolute Gasteiger partial charge is 0.0620 e. The van der Waals surface area contributed by atoms with Gasteiger partial charge in [-0.05, 0) is 141 Å². The van der Waals surface area contributed by atoms with E-state index in [1.165, 1.54) is 99.1 Å². The van der Waals surface area contributed by atoms with Gasteiger partial charge in [-0.1, -0.05) is 182 Å². The summed E-state index contributed by atoms with van der Waals surface area (Å²) >= 11 is 0. The Morgan fingerprint density at radius 2 is 0.481 bits per heavy atom. The standard InChI is InChI=1S/C22H18.C18H16.C14H14/c1-15-11-13-17-7-3-5-9-19(17)21(15)22-16(2)12-14-18-8-4-6-10-20(18)22;1-13-7-3-5-9-16(13)18-14(2)11-12-15-8-4-6-10-17(15)18;1-11-7-3-5-9-13(11)14-10-6-4-8-12(14)2/h3-14H,1-2H3;3-12H,1-2H3;3-10H,1-2H3. The van der Waals surface area contributed by atoms with E-state index >= 15 is 0 Å². The van der Waals surface area contributed by atoms with Gasteiger partial charge in [-0.2, -0.15) is 0 Å². The number of fused-ring (bicyclic) bond motifs is 3. The highest BCUT2D eigenvalue weighted by Crippen LogP contribution is 2.39. The summed E-state index contributed by atoms with van der Waals surface area (Å²) in [6.45, 7) is 13.1. The SMILES string of the molecule is Cc1ccc2ccccc2c1-c1c(C)ccc2ccccc12.Cc1ccccc1-c1c(C)ccc2ccccc12.Cc1ccccc1-c1ccccc1C. The van der Waals surface area contributed by atoms with E-state index in [2.05, 4.69) is 224 Å². The van der Waals surface area contributed by atoms with Crippen LogP contribution in [0.5, 0.6) is 0 Å². The molecule has 0 aliphatic heterocycles. The van der Waals surface area contributed by atoms with Crippen molar-refractivity contribution in [2.75, 3.05) is 0 Å². The molecule has 0 fully saturated rings. The van der Waals surface area contributed by atoms with Gasteiger partial charge >= 0.3 is 0 Å². The number of aryl methyl sites for hydroxylation is 6. The first-order valence-electron chi connectivity index (χ1n) is 18.9. The molecule has 0 heterocycles. The molecule has 0 bridgehead atoms. The summed E-state index contributed by atoms with van der Waals surface area (Å²) in [6.07, 6.45) is 0. The normalized spacial score (nSPS) is 10.8. The quantitative estimate of drug-likeness (QED) is 0.172. The van der Waals surface area contributed by atoms with Gasteiger partial charge in [0.25, 0.3) is 0 Å². The van der Waals surface area contributed by atoms with Crippen molar-refractivity contribution in [3.05, 3.63) is 215 Å². The highest BCUT2D eigenvalue weighted by Gasteiger charge is 2.13. The maximum atomic E-state index is 2.24. The zero-order valence-corrected chi connectivity index (χ0v) is 32.3. The zero-order valence-electron chi connectivity index (χ0n) is 32.3. The number of hydrogen-bond donors (Lipinski definition) is 0. The van der Waals surface area contributed by atoms with Crippen LogP contribution in [0.3, 0.4) is 0 Å².